The summed E-state index contributed by atoms with van der Waals surface area (Å²) >= 11 is 0. The summed E-state index contributed by atoms with van der Waals surface area (Å²) in [6.07, 6.45) is 1.75. The molecule has 0 aliphatic heterocycles. The molecule has 2 N–H and O–H groups in total. The standard InChI is InChI=1S/C12H25NO/c1-11(2,3)7-9(10(13)14)8-12(4,5)6/h9H,7-8H2,1-6H3,(H2,13,14). The van der Waals surface area contributed by atoms with E-state index < -0.39 is 0 Å². The van der Waals surface area contributed by atoms with Gasteiger partial charge in [0.25, 0.3) is 0 Å². The molecule has 2 heteroatoms. The summed E-state index contributed by atoms with van der Waals surface area (Å²) in [5.41, 5.74) is 5.76. The SMILES string of the molecule is CC(C)(C)CC(CC(C)(C)C)C(N)=O. The van der Waals surface area contributed by atoms with Crippen LogP contribution in [0.5, 0.6) is 0 Å². The Kier molecular flexibility index (Phi) is 4.16. The van der Waals surface area contributed by atoms with E-state index in [1.807, 2.05) is 0 Å². The molecule has 0 fully saturated rings. The van der Waals surface area contributed by atoms with E-state index in [4.69, 9.17) is 5.73 Å². The van der Waals surface area contributed by atoms with Gasteiger partial charge in [-0.1, -0.05) is 41.5 Å². The Morgan fingerprint density at radius 2 is 1.29 bits per heavy atom. The number of nitrogens with two attached hydrogens (primary N) is 1. The average Bonchev–Trinajstić information content (AvgIpc) is 1.78. The predicted molar refractivity (Wildman–Crippen MR) is 60.8 cm³/mol. The van der Waals surface area contributed by atoms with Gasteiger partial charge in [-0.25, -0.2) is 0 Å². The Balaban J connectivity index is 4.40. The van der Waals surface area contributed by atoms with Crippen LogP contribution in [-0.2, 0) is 4.79 Å². The summed E-state index contributed by atoms with van der Waals surface area (Å²) in [7, 11) is 0. The Hall–Kier alpha value is -0.530. The Morgan fingerprint density at radius 3 is 1.43 bits per heavy atom. The monoisotopic (exact) mass is 199 g/mol. The van der Waals surface area contributed by atoms with Crippen LogP contribution in [0.1, 0.15) is 54.4 Å². The topological polar surface area (TPSA) is 43.1 Å². The van der Waals surface area contributed by atoms with Gasteiger partial charge in [0.05, 0.1) is 0 Å². The molecule has 0 aromatic rings. The fourth-order valence-corrected chi connectivity index (χ4v) is 1.75. The molecule has 0 unspecified atom stereocenters. The second kappa shape index (κ2) is 4.33. The molecule has 0 rings (SSSR count). The first-order chi connectivity index (χ1) is 6.01. The van der Waals surface area contributed by atoms with Crippen LogP contribution in [0.4, 0.5) is 0 Å². The molecule has 0 aliphatic rings. The van der Waals surface area contributed by atoms with Gasteiger partial charge >= 0.3 is 0 Å². The average molecular weight is 199 g/mol. The third-order valence-electron chi connectivity index (χ3n) is 2.12. The summed E-state index contributed by atoms with van der Waals surface area (Å²) in [5, 5.41) is 0. The van der Waals surface area contributed by atoms with Crippen LogP contribution >= 0.6 is 0 Å². The van der Waals surface area contributed by atoms with E-state index in [9.17, 15) is 4.79 Å². The van der Waals surface area contributed by atoms with Crippen LogP contribution < -0.4 is 5.73 Å². The van der Waals surface area contributed by atoms with Crippen molar-refractivity contribution in [1.29, 1.82) is 0 Å². The molecule has 0 atom stereocenters. The maximum atomic E-state index is 11.3. The zero-order valence-corrected chi connectivity index (χ0v) is 10.5. The van der Waals surface area contributed by atoms with E-state index in [-0.39, 0.29) is 22.7 Å². The minimum absolute atomic E-state index is 0.00926. The highest BCUT2D eigenvalue weighted by atomic mass is 16.1. The number of carbonyl (C=O) groups is 1. The van der Waals surface area contributed by atoms with E-state index in [1.165, 1.54) is 0 Å². The van der Waals surface area contributed by atoms with Crippen LogP contribution in [-0.4, -0.2) is 5.91 Å². The highest BCUT2D eigenvalue weighted by molar-refractivity contribution is 5.76. The molecular weight excluding hydrogens is 174 g/mol. The zero-order chi connectivity index (χ0) is 11.6. The van der Waals surface area contributed by atoms with Crippen molar-refractivity contribution in [3.8, 4) is 0 Å². The fourth-order valence-electron chi connectivity index (χ4n) is 1.75. The summed E-state index contributed by atoms with van der Waals surface area (Å²) in [6, 6.07) is 0. The van der Waals surface area contributed by atoms with Crippen molar-refractivity contribution in [2.45, 2.75) is 54.4 Å². The van der Waals surface area contributed by atoms with Gasteiger partial charge in [0.15, 0.2) is 0 Å². The Morgan fingerprint density at radius 1 is 1.00 bits per heavy atom. The number of hydrogen-bond acceptors (Lipinski definition) is 1. The van der Waals surface area contributed by atoms with Gasteiger partial charge in [0.1, 0.15) is 0 Å². The van der Waals surface area contributed by atoms with Crippen LogP contribution in [0.15, 0.2) is 0 Å². The third kappa shape index (κ3) is 6.93. The minimum atomic E-state index is -0.158. The molecule has 0 spiro atoms. The predicted octanol–water partition coefficient (Wildman–Crippen LogP) is 2.96. The van der Waals surface area contributed by atoms with E-state index in [1.54, 1.807) is 0 Å². The molecule has 1 amide bonds. The molecular formula is C12H25NO. The maximum absolute atomic E-state index is 11.3. The molecule has 0 aromatic carbocycles. The van der Waals surface area contributed by atoms with Crippen molar-refractivity contribution in [2.75, 3.05) is 0 Å². The van der Waals surface area contributed by atoms with Crippen molar-refractivity contribution < 1.29 is 4.79 Å². The largest absolute Gasteiger partial charge is 0.369 e. The van der Waals surface area contributed by atoms with Crippen LogP contribution in [0.25, 0.3) is 0 Å². The van der Waals surface area contributed by atoms with Gasteiger partial charge in [-0.2, -0.15) is 0 Å². The number of rotatable bonds is 3. The molecule has 0 bridgehead atoms. The lowest BCUT2D eigenvalue weighted by molar-refractivity contribution is -0.123. The van der Waals surface area contributed by atoms with Crippen molar-refractivity contribution in [3.05, 3.63) is 0 Å². The first-order valence-corrected chi connectivity index (χ1v) is 5.31. The zero-order valence-electron chi connectivity index (χ0n) is 10.5. The van der Waals surface area contributed by atoms with E-state index in [2.05, 4.69) is 41.5 Å². The lowest BCUT2D eigenvalue weighted by atomic mass is 9.76. The minimum Gasteiger partial charge on any atom is -0.369 e. The molecule has 84 valence electrons. The molecule has 14 heavy (non-hydrogen) atoms. The summed E-state index contributed by atoms with van der Waals surface area (Å²) < 4.78 is 0. The summed E-state index contributed by atoms with van der Waals surface area (Å²) in [5.74, 6) is -0.148. The van der Waals surface area contributed by atoms with Crippen LogP contribution in [0, 0.1) is 16.7 Å². The number of primary amides is 1. The van der Waals surface area contributed by atoms with E-state index in [0.29, 0.717) is 0 Å². The molecule has 0 saturated carbocycles. The highest BCUT2D eigenvalue weighted by Crippen LogP contribution is 2.32. The second-order valence-electron chi connectivity index (χ2n) is 6.63. The van der Waals surface area contributed by atoms with Crippen molar-refractivity contribution in [2.24, 2.45) is 22.5 Å². The quantitative estimate of drug-likeness (QED) is 0.746. The number of carbonyl (C=O) groups excluding carboxylic acids is 1. The van der Waals surface area contributed by atoms with Crippen LogP contribution in [0.2, 0.25) is 0 Å². The van der Waals surface area contributed by atoms with E-state index >= 15 is 0 Å². The smallest absolute Gasteiger partial charge is 0.220 e. The number of amides is 1. The number of hydrogen-bond donors (Lipinski definition) is 1. The third-order valence-corrected chi connectivity index (χ3v) is 2.12. The molecule has 0 saturated heterocycles. The highest BCUT2D eigenvalue weighted by Gasteiger charge is 2.27. The second-order valence-corrected chi connectivity index (χ2v) is 6.63. The Bertz CT molecular complexity index is 179. The molecule has 0 radical (unpaired) electrons. The first kappa shape index (κ1) is 13.5. The lowest BCUT2D eigenvalue weighted by Gasteiger charge is -2.29. The van der Waals surface area contributed by atoms with Gasteiger partial charge < -0.3 is 5.73 Å². The first-order valence-electron chi connectivity index (χ1n) is 5.31. The fraction of sp³-hybridized carbons (Fsp3) is 0.917. The molecule has 0 aromatic heterocycles. The van der Waals surface area contributed by atoms with Crippen molar-refractivity contribution in [1.82, 2.24) is 0 Å². The summed E-state index contributed by atoms with van der Waals surface area (Å²) in [6.45, 7) is 12.9. The van der Waals surface area contributed by atoms with Gasteiger partial charge in [0, 0.05) is 5.92 Å². The lowest BCUT2D eigenvalue weighted by Crippen LogP contribution is -2.30. The normalized spacial score (nSPS) is 13.4. The Labute approximate surface area is 88.3 Å². The van der Waals surface area contributed by atoms with Crippen LogP contribution in [0.3, 0.4) is 0 Å². The van der Waals surface area contributed by atoms with Gasteiger partial charge in [-0.3, -0.25) is 4.79 Å². The molecule has 0 aliphatic carbocycles. The van der Waals surface area contributed by atoms with Crippen molar-refractivity contribution in [3.63, 3.8) is 0 Å². The maximum Gasteiger partial charge on any atom is 0.220 e. The van der Waals surface area contributed by atoms with Crippen molar-refractivity contribution >= 4 is 5.91 Å². The summed E-state index contributed by atoms with van der Waals surface area (Å²) in [4.78, 5) is 11.3. The molecule has 2 nitrogen and oxygen atoms in total. The van der Waals surface area contributed by atoms with Gasteiger partial charge in [-0.15, -0.1) is 0 Å². The van der Waals surface area contributed by atoms with E-state index in [0.717, 1.165) is 12.8 Å². The van der Waals surface area contributed by atoms with Gasteiger partial charge in [-0.05, 0) is 23.7 Å². The van der Waals surface area contributed by atoms with Gasteiger partial charge in [0.2, 0.25) is 5.91 Å². The molecule has 0 heterocycles.